The molecule has 1 aromatic rings. The van der Waals surface area contributed by atoms with Gasteiger partial charge in [0.1, 0.15) is 5.82 Å². The van der Waals surface area contributed by atoms with Gasteiger partial charge in [0.2, 0.25) is 0 Å². The zero-order valence-corrected chi connectivity index (χ0v) is 9.75. The smallest absolute Gasteiger partial charge is 0.126 e. The first kappa shape index (κ1) is 12.0. The van der Waals surface area contributed by atoms with E-state index in [1.54, 1.807) is 0 Å². The van der Waals surface area contributed by atoms with Gasteiger partial charge in [-0.05, 0) is 31.9 Å². The molecule has 0 aliphatic carbocycles. The van der Waals surface area contributed by atoms with Crippen LogP contribution in [0.1, 0.15) is 32.4 Å². The van der Waals surface area contributed by atoms with E-state index in [0.717, 1.165) is 24.4 Å². The quantitative estimate of drug-likeness (QED) is 0.780. The molecule has 0 unspecified atom stereocenters. The van der Waals surface area contributed by atoms with Crippen molar-refractivity contribution in [1.82, 2.24) is 4.98 Å². The van der Waals surface area contributed by atoms with Crippen molar-refractivity contribution in [2.45, 2.75) is 39.2 Å². The fourth-order valence-electron chi connectivity index (χ4n) is 1.57. The van der Waals surface area contributed by atoms with Gasteiger partial charge in [-0.3, -0.25) is 0 Å². The molecular weight excluding hydrogens is 188 g/mol. The van der Waals surface area contributed by atoms with Crippen molar-refractivity contribution < 1.29 is 5.11 Å². The second-order valence-corrected chi connectivity index (χ2v) is 3.93. The van der Waals surface area contributed by atoms with Crippen molar-refractivity contribution in [1.29, 1.82) is 0 Å². The van der Waals surface area contributed by atoms with Gasteiger partial charge in [0, 0.05) is 5.69 Å². The highest BCUT2D eigenvalue weighted by atomic mass is 16.3. The maximum Gasteiger partial charge on any atom is 0.126 e. The number of pyridine rings is 1. The Balaban J connectivity index is 2.82. The van der Waals surface area contributed by atoms with Crippen LogP contribution in [0.5, 0.6) is 0 Å². The second-order valence-electron chi connectivity index (χ2n) is 3.93. The van der Waals surface area contributed by atoms with Crippen LogP contribution in [0, 0.1) is 6.92 Å². The summed E-state index contributed by atoms with van der Waals surface area (Å²) in [6.45, 7) is 6.24. The Morgan fingerprint density at radius 3 is 2.47 bits per heavy atom. The molecule has 0 saturated carbocycles. The zero-order valence-electron chi connectivity index (χ0n) is 9.75. The molecule has 0 radical (unpaired) electrons. The van der Waals surface area contributed by atoms with Crippen molar-refractivity contribution in [3.8, 4) is 0 Å². The molecule has 0 spiro atoms. The van der Waals surface area contributed by atoms with E-state index in [0.29, 0.717) is 0 Å². The predicted octanol–water partition coefficient (Wildman–Crippen LogP) is 2.35. The fraction of sp³-hybridized carbons (Fsp3) is 0.583. The average molecular weight is 208 g/mol. The number of hydrogen-bond acceptors (Lipinski definition) is 3. The molecule has 0 fully saturated rings. The Labute approximate surface area is 91.5 Å². The lowest BCUT2D eigenvalue weighted by molar-refractivity contribution is 0.202. The molecule has 0 aliphatic heterocycles. The number of aliphatic hydroxyl groups is 1. The molecule has 1 heterocycles. The summed E-state index contributed by atoms with van der Waals surface area (Å²) in [5.74, 6) is 0.841. The van der Waals surface area contributed by atoms with Crippen molar-refractivity contribution >= 4 is 5.82 Å². The summed E-state index contributed by atoms with van der Waals surface area (Å²) < 4.78 is 0. The van der Waals surface area contributed by atoms with Gasteiger partial charge < -0.3 is 10.4 Å². The van der Waals surface area contributed by atoms with Crippen LogP contribution in [-0.2, 0) is 0 Å². The van der Waals surface area contributed by atoms with E-state index < -0.39 is 0 Å². The molecule has 0 aliphatic rings. The number of nitrogens with zero attached hydrogens (tertiary/aromatic N) is 1. The molecule has 0 aromatic carbocycles. The summed E-state index contributed by atoms with van der Waals surface area (Å²) in [4.78, 5) is 4.38. The van der Waals surface area contributed by atoms with Gasteiger partial charge in [0.05, 0.1) is 12.1 Å². The zero-order chi connectivity index (χ0) is 11.3. The summed E-state index contributed by atoms with van der Waals surface area (Å²) in [5.41, 5.74) is 0.750. The Hall–Kier alpha value is -1.09. The van der Waals surface area contributed by atoms with Gasteiger partial charge in [-0.2, -0.15) is 0 Å². The van der Waals surface area contributed by atoms with E-state index in [2.05, 4.69) is 24.1 Å². The largest absolute Gasteiger partial charge is 0.394 e. The fourth-order valence-corrected chi connectivity index (χ4v) is 1.57. The lowest BCUT2D eigenvalue weighted by Gasteiger charge is -2.31. The molecule has 3 nitrogen and oxygen atoms in total. The second kappa shape index (κ2) is 5.12. The first-order chi connectivity index (χ1) is 7.15. The highest BCUT2D eigenvalue weighted by Gasteiger charge is 2.24. The van der Waals surface area contributed by atoms with E-state index in [1.165, 1.54) is 0 Å². The summed E-state index contributed by atoms with van der Waals surface area (Å²) in [7, 11) is 0. The first-order valence-electron chi connectivity index (χ1n) is 5.48. The summed E-state index contributed by atoms with van der Waals surface area (Å²) >= 11 is 0. The van der Waals surface area contributed by atoms with Crippen LogP contribution in [0.4, 0.5) is 5.82 Å². The predicted molar refractivity (Wildman–Crippen MR) is 63.0 cm³/mol. The lowest BCUT2D eigenvalue weighted by atomic mass is 9.94. The van der Waals surface area contributed by atoms with E-state index in [9.17, 15) is 5.11 Å². The molecule has 0 atom stereocenters. The van der Waals surface area contributed by atoms with Crippen LogP contribution in [0.25, 0.3) is 0 Å². The molecule has 2 N–H and O–H groups in total. The monoisotopic (exact) mass is 208 g/mol. The van der Waals surface area contributed by atoms with Crippen molar-refractivity contribution in [2.24, 2.45) is 0 Å². The highest BCUT2D eigenvalue weighted by molar-refractivity contribution is 5.38. The molecule has 84 valence electrons. The number of aliphatic hydroxyl groups excluding tert-OH is 1. The maximum absolute atomic E-state index is 9.42. The molecule has 3 heteroatoms. The molecule has 0 amide bonds. The molecule has 0 saturated heterocycles. The average Bonchev–Trinajstić information content (AvgIpc) is 2.26. The Morgan fingerprint density at radius 1 is 1.33 bits per heavy atom. The van der Waals surface area contributed by atoms with Gasteiger partial charge >= 0.3 is 0 Å². The van der Waals surface area contributed by atoms with Crippen LogP contribution in [0.3, 0.4) is 0 Å². The molecular formula is C12H20N2O. The number of aromatic nitrogens is 1. The number of nitrogens with one attached hydrogen (secondary N) is 1. The maximum atomic E-state index is 9.42. The van der Waals surface area contributed by atoms with Gasteiger partial charge in [-0.25, -0.2) is 4.98 Å². The van der Waals surface area contributed by atoms with Crippen molar-refractivity contribution in [3.05, 3.63) is 23.9 Å². The first-order valence-corrected chi connectivity index (χ1v) is 5.48. The van der Waals surface area contributed by atoms with Crippen LogP contribution >= 0.6 is 0 Å². The third-order valence-electron chi connectivity index (χ3n) is 2.94. The number of hydrogen-bond donors (Lipinski definition) is 2. The molecule has 15 heavy (non-hydrogen) atoms. The van der Waals surface area contributed by atoms with Crippen LogP contribution in [0.2, 0.25) is 0 Å². The molecule has 1 aromatic heterocycles. The standard InChI is InChI=1S/C12H20N2O/c1-4-12(5-2,9-15)14-11-8-6-7-10(3)13-11/h6-8,15H,4-5,9H2,1-3H3,(H,13,14). The van der Waals surface area contributed by atoms with Crippen LogP contribution < -0.4 is 5.32 Å². The van der Waals surface area contributed by atoms with Gasteiger partial charge in [0.15, 0.2) is 0 Å². The highest BCUT2D eigenvalue weighted by Crippen LogP contribution is 2.20. The Morgan fingerprint density at radius 2 is 2.00 bits per heavy atom. The van der Waals surface area contributed by atoms with E-state index in [1.807, 2.05) is 25.1 Å². The number of rotatable bonds is 5. The Bertz CT molecular complexity index is 300. The lowest BCUT2D eigenvalue weighted by Crippen LogP contribution is -2.41. The normalized spacial score (nSPS) is 11.5. The van der Waals surface area contributed by atoms with Gasteiger partial charge in [-0.1, -0.05) is 19.9 Å². The van der Waals surface area contributed by atoms with Crippen LogP contribution in [-0.4, -0.2) is 22.2 Å². The van der Waals surface area contributed by atoms with Crippen molar-refractivity contribution in [2.75, 3.05) is 11.9 Å². The Kier molecular flexibility index (Phi) is 4.09. The summed E-state index contributed by atoms with van der Waals surface area (Å²) in [6.07, 6.45) is 1.77. The SMILES string of the molecule is CCC(CC)(CO)Nc1cccc(C)n1. The minimum absolute atomic E-state index is 0.135. The van der Waals surface area contributed by atoms with Crippen LogP contribution in [0.15, 0.2) is 18.2 Å². The van der Waals surface area contributed by atoms with E-state index >= 15 is 0 Å². The third-order valence-corrected chi connectivity index (χ3v) is 2.94. The number of anilines is 1. The van der Waals surface area contributed by atoms with E-state index in [4.69, 9.17) is 0 Å². The number of aryl methyl sites for hydroxylation is 1. The third kappa shape index (κ3) is 2.93. The van der Waals surface area contributed by atoms with Crippen molar-refractivity contribution in [3.63, 3.8) is 0 Å². The summed E-state index contributed by atoms with van der Waals surface area (Å²) in [6, 6.07) is 5.87. The summed E-state index contributed by atoms with van der Waals surface area (Å²) in [5, 5.41) is 12.7. The minimum Gasteiger partial charge on any atom is -0.394 e. The molecule has 1 rings (SSSR count). The molecule has 0 bridgehead atoms. The van der Waals surface area contributed by atoms with Gasteiger partial charge in [0.25, 0.3) is 0 Å². The topological polar surface area (TPSA) is 45.1 Å². The minimum atomic E-state index is -0.235. The van der Waals surface area contributed by atoms with Gasteiger partial charge in [-0.15, -0.1) is 0 Å². The van der Waals surface area contributed by atoms with E-state index in [-0.39, 0.29) is 12.1 Å².